The molecule has 1 unspecified atom stereocenters. The standard InChI is InChI=1S/C17H19ClFNO/c1-3-10-20-12(2)13-6-4-7-14(11-13)21-16-9-5-8-15(18)17(16)19/h4-9,11-12,20H,3,10H2,1-2H3. The Morgan fingerprint density at radius 3 is 2.76 bits per heavy atom. The number of nitrogens with one attached hydrogen (secondary N) is 1. The van der Waals surface area contributed by atoms with Gasteiger partial charge in [0.1, 0.15) is 5.75 Å². The van der Waals surface area contributed by atoms with Crippen molar-refractivity contribution < 1.29 is 9.13 Å². The molecule has 0 aromatic heterocycles. The average Bonchev–Trinajstić information content (AvgIpc) is 2.50. The van der Waals surface area contributed by atoms with Crippen molar-refractivity contribution in [1.82, 2.24) is 5.32 Å². The molecule has 2 aromatic rings. The fraction of sp³-hybridized carbons (Fsp3) is 0.294. The van der Waals surface area contributed by atoms with E-state index in [0.29, 0.717) is 5.75 Å². The maximum atomic E-state index is 13.8. The second-order valence-electron chi connectivity index (χ2n) is 4.90. The van der Waals surface area contributed by atoms with E-state index in [-0.39, 0.29) is 16.8 Å². The van der Waals surface area contributed by atoms with Crippen molar-refractivity contribution in [1.29, 1.82) is 0 Å². The third-order valence-corrected chi connectivity index (χ3v) is 3.49. The van der Waals surface area contributed by atoms with Crippen LogP contribution in [-0.4, -0.2) is 6.54 Å². The Kier molecular flexibility index (Phi) is 5.59. The molecule has 0 heterocycles. The van der Waals surface area contributed by atoms with Crippen LogP contribution in [0.2, 0.25) is 5.02 Å². The zero-order valence-corrected chi connectivity index (χ0v) is 13.0. The summed E-state index contributed by atoms with van der Waals surface area (Å²) < 4.78 is 19.4. The third-order valence-electron chi connectivity index (χ3n) is 3.20. The van der Waals surface area contributed by atoms with E-state index in [1.165, 1.54) is 6.07 Å². The summed E-state index contributed by atoms with van der Waals surface area (Å²) in [5, 5.41) is 3.47. The summed E-state index contributed by atoms with van der Waals surface area (Å²) in [4.78, 5) is 0. The number of benzene rings is 2. The molecule has 2 rings (SSSR count). The van der Waals surface area contributed by atoms with Crippen LogP contribution in [-0.2, 0) is 0 Å². The smallest absolute Gasteiger partial charge is 0.184 e. The van der Waals surface area contributed by atoms with Gasteiger partial charge in [0.25, 0.3) is 0 Å². The van der Waals surface area contributed by atoms with Crippen molar-refractivity contribution in [2.75, 3.05) is 6.54 Å². The van der Waals surface area contributed by atoms with E-state index in [1.54, 1.807) is 18.2 Å². The Balaban J connectivity index is 2.16. The number of rotatable bonds is 6. The molecule has 0 amide bonds. The maximum Gasteiger partial charge on any atom is 0.184 e. The van der Waals surface area contributed by atoms with Crippen molar-refractivity contribution in [3.05, 3.63) is 58.9 Å². The van der Waals surface area contributed by atoms with E-state index in [1.807, 2.05) is 18.2 Å². The first-order valence-electron chi connectivity index (χ1n) is 7.07. The monoisotopic (exact) mass is 307 g/mol. The van der Waals surface area contributed by atoms with Gasteiger partial charge in [0.2, 0.25) is 0 Å². The zero-order valence-electron chi connectivity index (χ0n) is 12.2. The molecule has 0 aliphatic heterocycles. The zero-order chi connectivity index (χ0) is 15.2. The van der Waals surface area contributed by atoms with E-state index >= 15 is 0 Å². The second kappa shape index (κ2) is 7.43. The predicted molar refractivity (Wildman–Crippen MR) is 84.6 cm³/mol. The number of halogens is 2. The summed E-state index contributed by atoms with van der Waals surface area (Å²) in [6.07, 6.45) is 1.08. The van der Waals surface area contributed by atoms with Gasteiger partial charge in [-0.25, -0.2) is 4.39 Å². The first-order valence-corrected chi connectivity index (χ1v) is 7.44. The summed E-state index contributed by atoms with van der Waals surface area (Å²) in [7, 11) is 0. The first kappa shape index (κ1) is 15.8. The van der Waals surface area contributed by atoms with Crippen LogP contribution in [0.4, 0.5) is 4.39 Å². The maximum absolute atomic E-state index is 13.8. The van der Waals surface area contributed by atoms with Crippen LogP contribution < -0.4 is 10.1 Å². The minimum atomic E-state index is -0.540. The summed E-state index contributed by atoms with van der Waals surface area (Å²) >= 11 is 5.75. The van der Waals surface area contributed by atoms with Crippen LogP contribution in [0.3, 0.4) is 0 Å². The molecular formula is C17H19ClFNO. The van der Waals surface area contributed by atoms with Crippen LogP contribution in [0.1, 0.15) is 31.9 Å². The van der Waals surface area contributed by atoms with Crippen molar-refractivity contribution in [2.24, 2.45) is 0 Å². The minimum Gasteiger partial charge on any atom is -0.454 e. The summed E-state index contributed by atoms with van der Waals surface area (Å²) in [6.45, 7) is 5.17. The van der Waals surface area contributed by atoms with E-state index < -0.39 is 5.82 Å². The van der Waals surface area contributed by atoms with Gasteiger partial charge in [0, 0.05) is 6.04 Å². The number of hydrogen-bond donors (Lipinski definition) is 1. The fourth-order valence-electron chi connectivity index (χ4n) is 2.02. The molecule has 0 aliphatic rings. The second-order valence-corrected chi connectivity index (χ2v) is 5.31. The van der Waals surface area contributed by atoms with Gasteiger partial charge >= 0.3 is 0 Å². The molecule has 0 aliphatic carbocycles. The molecule has 1 atom stereocenters. The molecular weight excluding hydrogens is 289 g/mol. The van der Waals surface area contributed by atoms with Crippen LogP contribution in [0.15, 0.2) is 42.5 Å². The number of hydrogen-bond acceptors (Lipinski definition) is 2. The summed E-state index contributed by atoms with van der Waals surface area (Å²) in [5.41, 5.74) is 1.10. The van der Waals surface area contributed by atoms with Crippen molar-refractivity contribution in [2.45, 2.75) is 26.3 Å². The van der Waals surface area contributed by atoms with Crippen LogP contribution in [0, 0.1) is 5.82 Å². The largest absolute Gasteiger partial charge is 0.454 e. The lowest BCUT2D eigenvalue weighted by atomic mass is 10.1. The molecule has 0 saturated carbocycles. The molecule has 0 radical (unpaired) electrons. The van der Waals surface area contributed by atoms with Crippen molar-refractivity contribution >= 4 is 11.6 Å². The van der Waals surface area contributed by atoms with E-state index in [0.717, 1.165) is 18.5 Å². The number of ether oxygens (including phenoxy) is 1. The van der Waals surface area contributed by atoms with E-state index in [9.17, 15) is 4.39 Å². The van der Waals surface area contributed by atoms with E-state index in [4.69, 9.17) is 16.3 Å². The van der Waals surface area contributed by atoms with Gasteiger partial charge in [-0.15, -0.1) is 0 Å². The van der Waals surface area contributed by atoms with Gasteiger partial charge in [-0.3, -0.25) is 0 Å². The highest BCUT2D eigenvalue weighted by molar-refractivity contribution is 6.30. The van der Waals surface area contributed by atoms with Gasteiger partial charge in [-0.1, -0.05) is 36.7 Å². The molecule has 4 heteroatoms. The molecule has 1 N–H and O–H groups in total. The Morgan fingerprint density at radius 2 is 2.00 bits per heavy atom. The van der Waals surface area contributed by atoms with Crippen LogP contribution in [0.25, 0.3) is 0 Å². The lowest BCUT2D eigenvalue weighted by Crippen LogP contribution is -2.19. The molecule has 2 aromatic carbocycles. The highest BCUT2D eigenvalue weighted by atomic mass is 35.5. The molecule has 21 heavy (non-hydrogen) atoms. The minimum absolute atomic E-state index is 0.0571. The van der Waals surface area contributed by atoms with Gasteiger partial charge < -0.3 is 10.1 Å². The highest BCUT2D eigenvalue weighted by Crippen LogP contribution is 2.29. The SMILES string of the molecule is CCCNC(C)c1cccc(Oc2cccc(Cl)c2F)c1. The molecule has 0 bridgehead atoms. The first-order chi connectivity index (χ1) is 10.1. The lowest BCUT2D eigenvalue weighted by Gasteiger charge is -2.15. The predicted octanol–water partition coefficient (Wildman–Crippen LogP) is 5.33. The van der Waals surface area contributed by atoms with Gasteiger partial charge in [-0.05, 0) is 49.7 Å². The van der Waals surface area contributed by atoms with Crippen molar-refractivity contribution in [3.63, 3.8) is 0 Å². The normalized spacial score (nSPS) is 12.2. The average molecular weight is 308 g/mol. The lowest BCUT2D eigenvalue weighted by molar-refractivity contribution is 0.441. The van der Waals surface area contributed by atoms with Gasteiger partial charge in [0.05, 0.1) is 5.02 Å². The van der Waals surface area contributed by atoms with Crippen LogP contribution in [0.5, 0.6) is 11.5 Å². The fourth-order valence-corrected chi connectivity index (χ4v) is 2.18. The molecule has 0 spiro atoms. The Hall–Kier alpha value is -1.58. The molecule has 0 fully saturated rings. The van der Waals surface area contributed by atoms with Crippen molar-refractivity contribution in [3.8, 4) is 11.5 Å². The Bertz CT molecular complexity index is 603. The molecule has 112 valence electrons. The van der Waals surface area contributed by atoms with E-state index in [2.05, 4.69) is 19.2 Å². The molecule has 0 saturated heterocycles. The highest BCUT2D eigenvalue weighted by Gasteiger charge is 2.10. The Morgan fingerprint density at radius 1 is 1.24 bits per heavy atom. The summed E-state index contributed by atoms with van der Waals surface area (Å²) in [5.74, 6) is 0.189. The topological polar surface area (TPSA) is 21.3 Å². The third kappa shape index (κ3) is 4.19. The quantitative estimate of drug-likeness (QED) is 0.778. The Labute approximate surface area is 129 Å². The summed E-state index contributed by atoms with van der Waals surface area (Å²) in [6, 6.07) is 12.6. The van der Waals surface area contributed by atoms with Gasteiger partial charge in [-0.2, -0.15) is 0 Å². The molecule has 2 nitrogen and oxygen atoms in total. The van der Waals surface area contributed by atoms with Crippen LogP contribution >= 0.6 is 11.6 Å². The van der Waals surface area contributed by atoms with Gasteiger partial charge in [0.15, 0.2) is 11.6 Å².